The van der Waals surface area contributed by atoms with E-state index in [-0.39, 0.29) is 5.92 Å². The Balaban J connectivity index is 2.62. The summed E-state index contributed by atoms with van der Waals surface area (Å²) in [5.41, 5.74) is 0. The molecule has 1 rings (SSSR count). The zero-order valence-corrected chi connectivity index (χ0v) is 7.86. The van der Waals surface area contributed by atoms with Gasteiger partial charge in [0, 0.05) is 0 Å². The van der Waals surface area contributed by atoms with Gasteiger partial charge in [0.2, 0.25) is 6.29 Å². The fourth-order valence-electron chi connectivity index (χ4n) is 0.942. The standard InChI is InChI=1S/C11H13O2/c1-9(2)11(8-12)13-10-6-4-3-5-7-10/h3-7,9,11H,1-2H3. The van der Waals surface area contributed by atoms with Gasteiger partial charge in [-0.05, 0) is 18.1 Å². The van der Waals surface area contributed by atoms with Crippen LogP contribution in [0.25, 0.3) is 0 Å². The van der Waals surface area contributed by atoms with Crippen LogP contribution in [0, 0.1) is 5.92 Å². The van der Waals surface area contributed by atoms with Gasteiger partial charge in [0.1, 0.15) is 5.75 Å². The summed E-state index contributed by atoms with van der Waals surface area (Å²) in [6.07, 6.45) is 1.41. The molecule has 0 bridgehead atoms. The first-order valence-electron chi connectivity index (χ1n) is 4.33. The van der Waals surface area contributed by atoms with Crippen molar-refractivity contribution in [2.45, 2.75) is 20.0 Å². The Labute approximate surface area is 78.5 Å². The van der Waals surface area contributed by atoms with Crippen molar-refractivity contribution in [2.75, 3.05) is 0 Å². The van der Waals surface area contributed by atoms with Gasteiger partial charge in [-0.15, -0.1) is 0 Å². The maximum Gasteiger partial charge on any atom is 0.242 e. The molecule has 1 aromatic rings. The minimum absolute atomic E-state index is 0.151. The number of hydrogen-bond donors (Lipinski definition) is 0. The largest absolute Gasteiger partial charge is 0.482 e. The third kappa shape index (κ3) is 2.90. The van der Waals surface area contributed by atoms with Gasteiger partial charge in [-0.2, -0.15) is 0 Å². The molecule has 1 radical (unpaired) electrons. The number of ether oxygens (including phenoxy) is 1. The third-order valence-electron chi connectivity index (χ3n) is 1.73. The van der Waals surface area contributed by atoms with Crippen LogP contribution in [0.2, 0.25) is 0 Å². The van der Waals surface area contributed by atoms with E-state index in [0.29, 0.717) is 5.75 Å². The molecule has 1 atom stereocenters. The maximum absolute atomic E-state index is 10.5. The van der Waals surface area contributed by atoms with Gasteiger partial charge in [0.05, 0.1) is 0 Å². The van der Waals surface area contributed by atoms with E-state index in [9.17, 15) is 4.79 Å². The van der Waals surface area contributed by atoms with Crippen LogP contribution >= 0.6 is 0 Å². The van der Waals surface area contributed by atoms with Gasteiger partial charge in [-0.1, -0.05) is 32.0 Å². The van der Waals surface area contributed by atoms with Crippen molar-refractivity contribution in [1.82, 2.24) is 0 Å². The molecule has 0 N–H and O–H groups in total. The highest BCUT2D eigenvalue weighted by molar-refractivity contribution is 5.58. The molecule has 0 saturated carbocycles. The highest BCUT2D eigenvalue weighted by Crippen LogP contribution is 2.13. The molecule has 1 aromatic carbocycles. The van der Waals surface area contributed by atoms with Crippen molar-refractivity contribution in [3.8, 4) is 5.75 Å². The lowest BCUT2D eigenvalue weighted by molar-refractivity contribution is 0.209. The molecule has 69 valence electrons. The molecule has 0 amide bonds. The van der Waals surface area contributed by atoms with Crippen LogP contribution in [0.3, 0.4) is 0 Å². The summed E-state index contributed by atoms with van der Waals surface area (Å²) in [5, 5.41) is 0. The predicted molar refractivity (Wildman–Crippen MR) is 51.4 cm³/mol. The summed E-state index contributed by atoms with van der Waals surface area (Å²) in [5.74, 6) is 0.863. The Morgan fingerprint density at radius 1 is 1.23 bits per heavy atom. The minimum Gasteiger partial charge on any atom is -0.482 e. The van der Waals surface area contributed by atoms with E-state index in [1.165, 1.54) is 0 Å². The Kier molecular flexibility index (Phi) is 3.50. The number of rotatable bonds is 4. The quantitative estimate of drug-likeness (QED) is 0.704. The Morgan fingerprint density at radius 3 is 2.31 bits per heavy atom. The molecule has 2 heteroatoms. The van der Waals surface area contributed by atoms with Gasteiger partial charge in [-0.3, -0.25) is 4.79 Å². The highest BCUT2D eigenvalue weighted by Gasteiger charge is 2.14. The van der Waals surface area contributed by atoms with Gasteiger partial charge >= 0.3 is 0 Å². The average Bonchev–Trinajstić information content (AvgIpc) is 2.15. The Morgan fingerprint density at radius 2 is 1.85 bits per heavy atom. The normalized spacial score (nSPS) is 12.5. The molecule has 13 heavy (non-hydrogen) atoms. The zero-order valence-electron chi connectivity index (χ0n) is 7.86. The number of para-hydroxylation sites is 1. The zero-order chi connectivity index (χ0) is 9.68. The number of carbonyl (C=O) groups excluding carboxylic acids is 1. The van der Waals surface area contributed by atoms with E-state index in [1.807, 2.05) is 50.5 Å². The van der Waals surface area contributed by atoms with E-state index in [4.69, 9.17) is 4.74 Å². The second kappa shape index (κ2) is 4.65. The first-order chi connectivity index (χ1) is 6.24. The van der Waals surface area contributed by atoms with Crippen molar-refractivity contribution in [3.63, 3.8) is 0 Å². The number of hydrogen-bond acceptors (Lipinski definition) is 2. The van der Waals surface area contributed by atoms with Gasteiger partial charge in [-0.25, -0.2) is 0 Å². The molecular formula is C11H13O2. The average molecular weight is 177 g/mol. The van der Waals surface area contributed by atoms with Crippen LogP contribution in [0.4, 0.5) is 0 Å². The number of benzene rings is 1. The van der Waals surface area contributed by atoms with Gasteiger partial charge < -0.3 is 4.74 Å². The lowest BCUT2D eigenvalue weighted by Gasteiger charge is -2.15. The molecule has 1 unspecified atom stereocenters. The molecule has 0 aliphatic carbocycles. The lowest BCUT2D eigenvalue weighted by Crippen LogP contribution is -2.24. The topological polar surface area (TPSA) is 26.3 Å². The van der Waals surface area contributed by atoms with Crippen LogP contribution in [0.15, 0.2) is 30.3 Å². The second-order valence-corrected chi connectivity index (χ2v) is 3.21. The summed E-state index contributed by atoms with van der Waals surface area (Å²) in [4.78, 5) is 10.5. The Bertz CT molecular complexity index is 254. The summed E-state index contributed by atoms with van der Waals surface area (Å²) in [6, 6.07) is 9.30. The lowest BCUT2D eigenvalue weighted by atomic mass is 10.1. The van der Waals surface area contributed by atoms with Crippen LogP contribution < -0.4 is 4.74 Å². The van der Waals surface area contributed by atoms with Crippen molar-refractivity contribution in [2.24, 2.45) is 5.92 Å². The van der Waals surface area contributed by atoms with Crippen molar-refractivity contribution >= 4 is 6.29 Å². The monoisotopic (exact) mass is 177 g/mol. The van der Waals surface area contributed by atoms with Crippen LogP contribution in [0.5, 0.6) is 5.75 Å². The fraction of sp³-hybridized carbons (Fsp3) is 0.364. The van der Waals surface area contributed by atoms with Crippen molar-refractivity contribution in [1.29, 1.82) is 0 Å². The molecule has 0 aliphatic heterocycles. The van der Waals surface area contributed by atoms with Gasteiger partial charge in [0.25, 0.3) is 0 Å². The van der Waals surface area contributed by atoms with Crippen molar-refractivity contribution < 1.29 is 9.53 Å². The van der Waals surface area contributed by atoms with Gasteiger partial charge in [0.15, 0.2) is 6.10 Å². The van der Waals surface area contributed by atoms with E-state index in [0.717, 1.165) is 0 Å². The van der Waals surface area contributed by atoms with Crippen LogP contribution in [-0.4, -0.2) is 12.4 Å². The molecule has 2 nitrogen and oxygen atoms in total. The van der Waals surface area contributed by atoms with E-state index < -0.39 is 6.10 Å². The highest BCUT2D eigenvalue weighted by atomic mass is 16.5. The first kappa shape index (κ1) is 9.78. The molecule has 0 aliphatic rings. The summed E-state index contributed by atoms with van der Waals surface area (Å²) >= 11 is 0. The predicted octanol–water partition coefficient (Wildman–Crippen LogP) is 2.20. The second-order valence-electron chi connectivity index (χ2n) is 3.21. The minimum atomic E-state index is -0.470. The first-order valence-corrected chi connectivity index (χ1v) is 4.33. The fourth-order valence-corrected chi connectivity index (χ4v) is 0.942. The van der Waals surface area contributed by atoms with Crippen LogP contribution in [-0.2, 0) is 4.79 Å². The van der Waals surface area contributed by atoms with E-state index >= 15 is 0 Å². The van der Waals surface area contributed by atoms with E-state index in [2.05, 4.69) is 0 Å². The van der Waals surface area contributed by atoms with Crippen molar-refractivity contribution in [3.05, 3.63) is 30.3 Å². The third-order valence-corrected chi connectivity index (χ3v) is 1.73. The molecule has 0 saturated heterocycles. The molecule has 0 heterocycles. The molecular weight excluding hydrogens is 164 g/mol. The molecule has 0 aromatic heterocycles. The summed E-state index contributed by atoms with van der Waals surface area (Å²) in [7, 11) is 0. The SMILES string of the molecule is CC(C)C([C]=O)Oc1ccccc1. The molecule has 0 spiro atoms. The maximum atomic E-state index is 10.5. The summed E-state index contributed by atoms with van der Waals surface area (Å²) < 4.78 is 5.40. The Hall–Kier alpha value is -1.31. The summed E-state index contributed by atoms with van der Waals surface area (Å²) in [6.45, 7) is 3.86. The smallest absolute Gasteiger partial charge is 0.242 e. The van der Waals surface area contributed by atoms with E-state index in [1.54, 1.807) is 0 Å². The molecule has 0 fully saturated rings. The van der Waals surface area contributed by atoms with Crippen LogP contribution in [0.1, 0.15) is 13.8 Å².